The zero-order valence-electron chi connectivity index (χ0n) is 9.57. The molecule has 1 aromatic carbocycles. The summed E-state index contributed by atoms with van der Waals surface area (Å²) in [5, 5.41) is 4.47. The fourth-order valence-electron chi connectivity index (χ4n) is 2.15. The minimum absolute atomic E-state index is 0.637. The minimum atomic E-state index is 0.637. The molecular weight excluding hydrogens is 232 g/mol. The number of imidazole rings is 1. The van der Waals surface area contributed by atoms with Gasteiger partial charge in [0.15, 0.2) is 5.16 Å². The Morgan fingerprint density at radius 3 is 3.24 bits per heavy atom. The van der Waals surface area contributed by atoms with Crippen LogP contribution in [0.4, 0.5) is 5.69 Å². The van der Waals surface area contributed by atoms with E-state index in [0.717, 1.165) is 34.2 Å². The van der Waals surface area contributed by atoms with Gasteiger partial charge in [-0.1, -0.05) is 11.8 Å². The molecule has 5 heteroatoms. The minimum Gasteiger partial charge on any atom is -0.399 e. The fraction of sp³-hybridized carbons (Fsp3) is 0.417. The highest BCUT2D eigenvalue weighted by molar-refractivity contribution is 7.99. The molecule has 0 unspecified atom stereocenters. The Bertz CT molecular complexity index is 516. The molecule has 0 amide bonds. The number of nitrogen functional groups attached to an aromatic ring is 1. The second-order valence-corrected chi connectivity index (χ2v) is 5.43. The highest BCUT2D eigenvalue weighted by atomic mass is 32.2. The molecule has 3 rings (SSSR count). The van der Waals surface area contributed by atoms with Crippen molar-refractivity contribution in [1.82, 2.24) is 15.3 Å². The number of H-pyrrole nitrogens is 1. The van der Waals surface area contributed by atoms with Crippen molar-refractivity contribution in [3.05, 3.63) is 18.2 Å². The van der Waals surface area contributed by atoms with E-state index in [1.807, 2.05) is 18.2 Å². The van der Waals surface area contributed by atoms with Gasteiger partial charge in [-0.2, -0.15) is 0 Å². The lowest BCUT2D eigenvalue weighted by atomic mass is 10.3. The van der Waals surface area contributed by atoms with Crippen LogP contribution in [0.15, 0.2) is 23.4 Å². The third kappa shape index (κ3) is 2.40. The number of aromatic nitrogens is 2. The summed E-state index contributed by atoms with van der Waals surface area (Å²) >= 11 is 1.78. The Morgan fingerprint density at radius 1 is 1.47 bits per heavy atom. The van der Waals surface area contributed by atoms with Crippen LogP contribution in [0.25, 0.3) is 11.0 Å². The van der Waals surface area contributed by atoms with Crippen molar-refractivity contribution in [1.29, 1.82) is 0 Å². The topological polar surface area (TPSA) is 66.7 Å². The SMILES string of the molecule is Nc1ccc2nc(SC[C@@H]3CCCN3)[nH]c2c1. The van der Waals surface area contributed by atoms with Gasteiger partial charge in [-0.05, 0) is 37.6 Å². The molecule has 0 radical (unpaired) electrons. The summed E-state index contributed by atoms with van der Waals surface area (Å²) in [6.45, 7) is 1.15. The Balaban J connectivity index is 1.72. The molecule has 1 aliphatic heterocycles. The lowest BCUT2D eigenvalue weighted by Gasteiger charge is -2.06. The van der Waals surface area contributed by atoms with Crippen molar-refractivity contribution in [2.45, 2.75) is 24.0 Å². The molecule has 0 saturated carbocycles. The molecule has 2 aromatic rings. The number of nitrogens with zero attached hydrogens (tertiary/aromatic N) is 1. The highest BCUT2D eigenvalue weighted by Crippen LogP contribution is 2.23. The summed E-state index contributed by atoms with van der Waals surface area (Å²) < 4.78 is 0. The largest absolute Gasteiger partial charge is 0.399 e. The number of rotatable bonds is 3. The number of hydrogen-bond donors (Lipinski definition) is 3. The Labute approximate surface area is 104 Å². The maximum absolute atomic E-state index is 5.74. The molecule has 1 atom stereocenters. The molecule has 1 saturated heterocycles. The van der Waals surface area contributed by atoms with Crippen molar-refractivity contribution in [3.8, 4) is 0 Å². The lowest BCUT2D eigenvalue weighted by Crippen LogP contribution is -2.23. The van der Waals surface area contributed by atoms with Gasteiger partial charge in [-0.15, -0.1) is 0 Å². The van der Waals surface area contributed by atoms with Crippen molar-refractivity contribution < 1.29 is 0 Å². The first-order chi connectivity index (χ1) is 8.31. The van der Waals surface area contributed by atoms with Crippen LogP contribution in [-0.4, -0.2) is 28.3 Å². The van der Waals surface area contributed by atoms with Crippen LogP contribution in [0, 0.1) is 0 Å². The predicted octanol–water partition coefficient (Wildman–Crippen LogP) is 1.99. The lowest BCUT2D eigenvalue weighted by molar-refractivity contribution is 0.673. The summed E-state index contributed by atoms with van der Waals surface area (Å²) in [4.78, 5) is 7.84. The zero-order chi connectivity index (χ0) is 11.7. The fourth-order valence-corrected chi connectivity index (χ4v) is 3.14. The Morgan fingerprint density at radius 2 is 2.41 bits per heavy atom. The van der Waals surface area contributed by atoms with E-state index in [-0.39, 0.29) is 0 Å². The summed E-state index contributed by atoms with van der Waals surface area (Å²) in [6, 6.07) is 6.41. The normalized spacial score (nSPS) is 20.1. The second kappa shape index (κ2) is 4.58. The van der Waals surface area contributed by atoms with Crippen LogP contribution in [0.3, 0.4) is 0 Å². The van der Waals surface area contributed by atoms with Crippen LogP contribution < -0.4 is 11.1 Å². The molecule has 4 N–H and O–H groups in total. The van der Waals surface area contributed by atoms with Crippen molar-refractivity contribution >= 4 is 28.5 Å². The number of anilines is 1. The molecule has 1 aromatic heterocycles. The number of aromatic amines is 1. The number of fused-ring (bicyclic) bond motifs is 1. The molecule has 4 nitrogen and oxygen atoms in total. The average Bonchev–Trinajstić information content (AvgIpc) is 2.94. The van der Waals surface area contributed by atoms with E-state index >= 15 is 0 Å². The van der Waals surface area contributed by atoms with Crippen LogP contribution in [0.2, 0.25) is 0 Å². The van der Waals surface area contributed by atoms with Crippen LogP contribution >= 0.6 is 11.8 Å². The molecule has 90 valence electrons. The highest BCUT2D eigenvalue weighted by Gasteiger charge is 2.14. The van der Waals surface area contributed by atoms with E-state index in [1.165, 1.54) is 12.8 Å². The number of hydrogen-bond acceptors (Lipinski definition) is 4. The first kappa shape index (κ1) is 10.9. The third-order valence-corrected chi connectivity index (χ3v) is 4.10. The van der Waals surface area contributed by atoms with Gasteiger partial charge in [0, 0.05) is 17.5 Å². The average molecular weight is 248 g/mol. The second-order valence-electron chi connectivity index (χ2n) is 4.42. The summed E-state index contributed by atoms with van der Waals surface area (Å²) in [5.41, 5.74) is 8.52. The van der Waals surface area contributed by atoms with Crippen LogP contribution in [-0.2, 0) is 0 Å². The molecule has 1 aliphatic rings. The molecule has 17 heavy (non-hydrogen) atoms. The predicted molar refractivity (Wildman–Crippen MR) is 72.3 cm³/mol. The van der Waals surface area contributed by atoms with Gasteiger partial charge in [-0.3, -0.25) is 0 Å². The molecule has 0 bridgehead atoms. The maximum atomic E-state index is 5.74. The van der Waals surface area contributed by atoms with E-state index < -0.39 is 0 Å². The smallest absolute Gasteiger partial charge is 0.166 e. The number of nitrogens with one attached hydrogen (secondary N) is 2. The summed E-state index contributed by atoms with van der Waals surface area (Å²) in [6.07, 6.45) is 2.57. The van der Waals surface area contributed by atoms with Gasteiger partial charge in [0.1, 0.15) is 0 Å². The van der Waals surface area contributed by atoms with E-state index in [0.29, 0.717) is 6.04 Å². The van der Waals surface area contributed by atoms with E-state index in [9.17, 15) is 0 Å². The third-order valence-electron chi connectivity index (χ3n) is 3.07. The molecule has 0 aliphatic carbocycles. The van der Waals surface area contributed by atoms with Crippen molar-refractivity contribution in [2.24, 2.45) is 0 Å². The van der Waals surface area contributed by atoms with Crippen LogP contribution in [0.1, 0.15) is 12.8 Å². The Kier molecular flexibility index (Phi) is 2.94. The van der Waals surface area contributed by atoms with Gasteiger partial charge in [0.25, 0.3) is 0 Å². The molecule has 1 fully saturated rings. The standard InChI is InChI=1S/C12H16N4S/c13-8-3-4-10-11(6-8)16-12(15-10)17-7-9-2-1-5-14-9/h3-4,6,9,14H,1-2,5,7,13H2,(H,15,16)/t9-/m0/s1. The van der Waals surface area contributed by atoms with Gasteiger partial charge in [-0.25, -0.2) is 4.98 Å². The number of nitrogens with two attached hydrogens (primary N) is 1. The van der Waals surface area contributed by atoms with E-state index in [2.05, 4.69) is 15.3 Å². The zero-order valence-corrected chi connectivity index (χ0v) is 10.4. The number of thioether (sulfide) groups is 1. The molecular formula is C12H16N4S. The quantitative estimate of drug-likeness (QED) is 0.574. The maximum Gasteiger partial charge on any atom is 0.166 e. The molecule has 2 heterocycles. The summed E-state index contributed by atoms with van der Waals surface area (Å²) in [5.74, 6) is 1.08. The van der Waals surface area contributed by atoms with Gasteiger partial charge in [0.05, 0.1) is 11.0 Å². The van der Waals surface area contributed by atoms with Gasteiger partial charge >= 0.3 is 0 Å². The monoisotopic (exact) mass is 248 g/mol. The first-order valence-corrected chi connectivity index (χ1v) is 6.91. The van der Waals surface area contributed by atoms with E-state index in [4.69, 9.17) is 5.73 Å². The first-order valence-electron chi connectivity index (χ1n) is 5.93. The van der Waals surface area contributed by atoms with Gasteiger partial charge in [0.2, 0.25) is 0 Å². The van der Waals surface area contributed by atoms with Crippen molar-refractivity contribution in [2.75, 3.05) is 18.0 Å². The van der Waals surface area contributed by atoms with Gasteiger partial charge < -0.3 is 16.0 Å². The van der Waals surface area contributed by atoms with Crippen molar-refractivity contribution in [3.63, 3.8) is 0 Å². The van der Waals surface area contributed by atoms with E-state index in [1.54, 1.807) is 11.8 Å². The Hall–Kier alpha value is -1.20. The number of benzene rings is 1. The summed E-state index contributed by atoms with van der Waals surface area (Å²) in [7, 11) is 0. The molecule has 0 spiro atoms. The van der Waals surface area contributed by atoms with Crippen LogP contribution in [0.5, 0.6) is 0 Å².